The molecule has 1 aromatic rings. The van der Waals surface area contributed by atoms with Crippen molar-refractivity contribution in [3.05, 3.63) is 28.8 Å². The summed E-state index contributed by atoms with van der Waals surface area (Å²) >= 11 is 7.92. The number of hydrogen-bond acceptors (Lipinski definition) is 3. The molecule has 0 bridgehead atoms. The van der Waals surface area contributed by atoms with Crippen molar-refractivity contribution in [1.82, 2.24) is 4.90 Å². The van der Waals surface area contributed by atoms with Gasteiger partial charge in [0, 0.05) is 24.5 Å². The molecule has 1 atom stereocenters. The smallest absolute Gasteiger partial charge is 0.257 e. The van der Waals surface area contributed by atoms with Gasteiger partial charge in [0.25, 0.3) is 5.91 Å². The third-order valence-electron chi connectivity index (χ3n) is 3.03. The number of benzene rings is 1. The van der Waals surface area contributed by atoms with Crippen molar-refractivity contribution in [2.75, 3.05) is 24.3 Å². The molecular weight excluding hydrogens is 256 g/mol. The van der Waals surface area contributed by atoms with Gasteiger partial charge >= 0.3 is 0 Å². The van der Waals surface area contributed by atoms with Gasteiger partial charge in [-0.25, -0.2) is 0 Å². The summed E-state index contributed by atoms with van der Waals surface area (Å²) in [5.41, 5.74) is 6.69. The maximum absolute atomic E-state index is 12.3. The Bertz CT molecular complexity index is 412. The first-order valence-corrected chi connectivity index (χ1v) is 7.03. The number of thioether (sulfide) groups is 1. The summed E-state index contributed by atoms with van der Waals surface area (Å²) in [6.07, 6.45) is 1.04. The van der Waals surface area contributed by atoms with E-state index in [2.05, 4.69) is 0 Å². The van der Waals surface area contributed by atoms with Crippen LogP contribution in [0.15, 0.2) is 18.2 Å². The van der Waals surface area contributed by atoms with Crippen molar-refractivity contribution in [3.63, 3.8) is 0 Å². The van der Waals surface area contributed by atoms with Crippen LogP contribution in [0.25, 0.3) is 0 Å². The molecule has 1 heterocycles. The molecule has 1 saturated heterocycles. The molecular formula is C12H15ClN2OS. The summed E-state index contributed by atoms with van der Waals surface area (Å²) in [7, 11) is 1.82. The zero-order valence-electron chi connectivity index (χ0n) is 9.65. The van der Waals surface area contributed by atoms with E-state index in [4.69, 9.17) is 17.3 Å². The van der Waals surface area contributed by atoms with Crippen LogP contribution in [0.1, 0.15) is 16.8 Å². The largest absolute Gasteiger partial charge is 0.398 e. The van der Waals surface area contributed by atoms with Crippen LogP contribution in [0.3, 0.4) is 0 Å². The lowest BCUT2D eigenvalue weighted by Gasteiger charge is -2.24. The molecule has 92 valence electrons. The molecule has 2 N–H and O–H groups in total. The molecule has 1 unspecified atom stereocenters. The van der Waals surface area contributed by atoms with Gasteiger partial charge in [-0.15, -0.1) is 0 Å². The highest BCUT2D eigenvalue weighted by molar-refractivity contribution is 7.99. The molecule has 1 fully saturated rings. The molecule has 5 heteroatoms. The Morgan fingerprint density at radius 3 is 2.94 bits per heavy atom. The minimum atomic E-state index is -0.0828. The molecule has 0 radical (unpaired) electrons. The monoisotopic (exact) mass is 270 g/mol. The van der Waals surface area contributed by atoms with Gasteiger partial charge in [0.05, 0.1) is 10.6 Å². The van der Waals surface area contributed by atoms with E-state index in [1.165, 1.54) is 0 Å². The Balaban J connectivity index is 2.24. The fraction of sp³-hybridized carbons (Fsp3) is 0.417. The number of anilines is 1. The summed E-state index contributed by atoms with van der Waals surface area (Å²) in [6, 6.07) is 5.45. The lowest BCUT2D eigenvalue weighted by Crippen LogP contribution is -2.37. The van der Waals surface area contributed by atoms with Gasteiger partial charge in [0.15, 0.2) is 0 Å². The van der Waals surface area contributed by atoms with E-state index in [1.807, 2.05) is 18.8 Å². The lowest BCUT2D eigenvalue weighted by molar-refractivity contribution is 0.0749. The van der Waals surface area contributed by atoms with Crippen LogP contribution >= 0.6 is 23.4 Å². The van der Waals surface area contributed by atoms with E-state index in [0.717, 1.165) is 17.9 Å². The Morgan fingerprint density at radius 1 is 1.59 bits per heavy atom. The fourth-order valence-electron chi connectivity index (χ4n) is 1.94. The van der Waals surface area contributed by atoms with E-state index in [-0.39, 0.29) is 5.91 Å². The van der Waals surface area contributed by atoms with Gasteiger partial charge in [0.2, 0.25) is 0 Å². The van der Waals surface area contributed by atoms with Crippen molar-refractivity contribution in [1.29, 1.82) is 0 Å². The lowest BCUT2D eigenvalue weighted by atomic mass is 10.1. The van der Waals surface area contributed by atoms with Gasteiger partial charge in [-0.2, -0.15) is 11.8 Å². The van der Waals surface area contributed by atoms with Crippen molar-refractivity contribution in [2.24, 2.45) is 0 Å². The summed E-state index contributed by atoms with van der Waals surface area (Å²) < 4.78 is 0. The number of nitrogens with two attached hydrogens (primary N) is 1. The topological polar surface area (TPSA) is 46.3 Å². The second-order valence-corrected chi connectivity index (χ2v) is 5.69. The maximum atomic E-state index is 12.3. The minimum absolute atomic E-state index is 0.0828. The Hall–Kier alpha value is -0.870. The average molecular weight is 271 g/mol. The molecule has 1 aliphatic heterocycles. The van der Waals surface area contributed by atoms with E-state index in [9.17, 15) is 4.79 Å². The average Bonchev–Trinajstić information content (AvgIpc) is 2.81. The highest BCUT2D eigenvalue weighted by Gasteiger charge is 2.26. The molecule has 0 aliphatic carbocycles. The van der Waals surface area contributed by atoms with E-state index in [0.29, 0.717) is 22.3 Å². The third-order valence-corrected chi connectivity index (χ3v) is 4.49. The Kier molecular flexibility index (Phi) is 3.84. The van der Waals surface area contributed by atoms with Crippen LogP contribution in [0.2, 0.25) is 5.02 Å². The predicted octanol–water partition coefficient (Wildman–Crippen LogP) is 2.50. The molecule has 1 aliphatic rings. The second kappa shape index (κ2) is 5.19. The van der Waals surface area contributed by atoms with Crippen LogP contribution in [-0.2, 0) is 0 Å². The zero-order valence-corrected chi connectivity index (χ0v) is 11.2. The quantitative estimate of drug-likeness (QED) is 0.840. The van der Waals surface area contributed by atoms with Crippen molar-refractivity contribution >= 4 is 35.0 Å². The Labute approximate surface area is 110 Å². The summed E-state index contributed by atoms with van der Waals surface area (Å²) in [5, 5.41) is 0.424. The highest BCUT2D eigenvalue weighted by atomic mass is 35.5. The van der Waals surface area contributed by atoms with Gasteiger partial charge in [-0.05, 0) is 24.3 Å². The number of nitrogen functional groups attached to an aromatic ring is 1. The van der Waals surface area contributed by atoms with Crippen molar-refractivity contribution < 1.29 is 4.79 Å². The number of carbonyl (C=O) groups is 1. The second-order valence-electron chi connectivity index (χ2n) is 4.14. The summed E-state index contributed by atoms with van der Waals surface area (Å²) in [5.74, 6) is 2.02. The third kappa shape index (κ3) is 2.53. The van der Waals surface area contributed by atoms with Crippen molar-refractivity contribution in [2.45, 2.75) is 12.5 Å². The van der Waals surface area contributed by atoms with Crippen LogP contribution in [-0.4, -0.2) is 35.4 Å². The van der Waals surface area contributed by atoms with E-state index < -0.39 is 0 Å². The number of rotatable bonds is 2. The standard InChI is InChI=1S/C12H15ClN2OS/c1-15(8-5-6-17-7-8)12(16)11-9(13)3-2-4-10(11)14/h2-4,8H,5-7,14H2,1H3. The van der Waals surface area contributed by atoms with Crippen LogP contribution in [0.5, 0.6) is 0 Å². The minimum Gasteiger partial charge on any atom is -0.398 e. The highest BCUT2D eigenvalue weighted by Crippen LogP contribution is 2.27. The van der Waals surface area contributed by atoms with E-state index in [1.54, 1.807) is 23.1 Å². The van der Waals surface area contributed by atoms with Gasteiger partial charge in [-0.1, -0.05) is 17.7 Å². The summed E-state index contributed by atoms with van der Waals surface area (Å²) in [6.45, 7) is 0. The molecule has 1 amide bonds. The first-order chi connectivity index (χ1) is 8.11. The number of amides is 1. The number of nitrogens with zero attached hydrogens (tertiary/aromatic N) is 1. The number of carbonyl (C=O) groups excluding carboxylic acids is 1. The molecule has 0 aromatic heterocycles. The first kappa shape index (κ1) is 12.6. The zero-order chi connectivity index (χ0) is 12.4. The normalized spacial score (nSPS) is 19.3. The molecule has 3 nitrogen and oxygen atoms in total. The fourth-order valence-corrected chi connectivity index (χ4v) is 3.47. The molecule has 17 heavy (non-hydrogen) atoms. The molecule has 0 saturated carbocycles. The molecule has 2 rings (SSSR count). The van der Waals surface area contributed by atoms with Gasteiger partial charge in [-0.3, -0.25) is 4.79 Å². The van der Waals surface area contributed by atoms with Gasteiger partial charge < -0.3 is 10.6 Å². The van der Waals surface area contributed by atoms with Crippen molar-refractivity contribution in [3.8, 4) is 0 Å². The van der Waals surface area contributed by atoms with Crippen LogP contribution < -0.4 is 5.73 Å². The Morgan fingerprint density at radius 2 is 2.35 bits per heavy atom. The van der Waals surface area contributed by atoms with E-state index >= 15 is 0 Å². The molecule has 1 aromatic carbocycles. The molecule has 0 spiro atoms. The number of hydrogen-bond donors (Lipinski definition) is 1. The predicted molar refractivity (Wildman–Crippen MR) is 73.7 cm³/mol. The van der Waals surface area contributed by atoms with Crippen LogP contribution in [0.4, 0.5) is 5.69 Å². The SMILES string of the molecule is CN(C(=O)c1c(N)cccc1Cl)C1CCSC1. The maximum Gasteiger partial charge on any atom is 0.257 e. The summed E-state index contributed by atoms with van der Waals surface area (Å²) in [4.78, 5) is 14.1. The first-order valence-electron chi connectivity index (χ1n) is 5.50. The number of halogens is 1. The van der Waals surface area contributed by atoms with Gasteiger partial charge in [0.1, 0.15) is 0 Å². The van der Waals surface area contributed by atoms with Crippen LogP contribution in [0, 0.1) is 0 Å².